The molecule has 1 rings (SSSR count). The number of oxazole rings is 1. The minimum Gasteiger partial charge on any atom is -0.440 e. The third kappa shape index (κ3) is 6.15. The van der Waals surface area contributed by atoms with Crippen LogP contribution in [0, 0.1) is 6.92 Å². The molecule has 0 saturated heterocycles. The van der Waals surface area contributed by atoms with E-state index in [0.717, 1.165) is 36.3 Å². The Bertz CT molecular complexity index is 289. The molecule has 92 valence electrons. The summed E-state index contributed by atoms with van der Waals surface area (Å²) in [5, 5.41) is 4.17. The third-order valence-corrected chi connectivity index (χ3v) is 2.90. The first-order chi connectivity index (χ1) is 7.68. The number of thioether (sulfide) groups is 1. The smallest absolute Gasteiger partial charge is 0.255 e. The molecule has 0 aliphatic rings. The van der Waals surface area contributed by atoms with Gasteiger partial charge in [0.25, 0.3) is 5.22 Å². The molecule has 1 aromatic heterocycles. The summed E-state index contributed by atoms with van der Waals surface area (Å²) in [7, 11) is 4.20. The van der Waals surface area contributed by atoms with E-state index in [1.165, 1.54) is 6.42 Å². The lowest BCUT2D eigenvalue weighted by molar-refractivity contribution is 0.395. The summed E-state index contributed by atoms with van der Waals surface area (Å²) in [4.78, 5) is 6.43. The van der Waals surface area contributed by atoms with Crippen LogP contribution in [0.15, 0.2) is 15.9 Å². The van der Waals surface area contributed by atoms with Gasteiger partial charge in [0, 0.05) is 12.3 Å². The molecule has 0 unspecified atom stereocenters. The second-order valence-electron chi connectivity index (χ2n) is 4.01. The van der Waals surface area contributed by atoms with Crippen molar-refractivity contribution in [1.82, 2.24) is 15.2 Å². The molecule has 0 radical (unpaired) electrons. The number of nitrogens with one attached hydrogen (secondary N) is 1. The minimum absolute atomic E-state index is 0.771. The zero-order valence-electron chi connectivity index (χ0n) is 10.3. The number of hydrogen-bond donors (Lipinski definition) is 1. The zero-order valence-corrected chi connectivity index (χ0v) is 11.1. The molecule has 0 fully saturated rings. The molecule has 1 N–H and O–H groups in total. The predicted octanol–water partition coefficient (Wildman–Crippen LogP) is 1.62. The van der Waals surface area contributed by atoms with Crippen LogP contribution in [0.2, 0.25) is 0 Å². The van der Waals surface area contributed by atoms with Gasteiger partial charge in [0.15, 0.2) is 0 Å². The Morgan fingerprint density at radius 2 is 2.25 bits per heavy atom. The topological polar surface area (TPSA) is 41.3 Å². The molecular formula is C11H21N3OS. The number of aromatic nitrogens is 1. The van der Waals surface area contributed by atoms with Gasteiger partial charge < -0.3 is 14.6 Å². The summed E-state index contributed by atoms with van der Waals surface area (Å²) < 4.78 is 5.24. The maximum Gasteiger partial charge on any atom is 0.255 e. The fourth-order valence-electron chi connectivity index (χ4n) is 1.25. The average molecular weight is 243 g/mol. The van der Waals surface area contributed by atoms with Crippen molar-refractivity contribution in [3.63, 3.8) is 0 Å². The van der Waals surface area contributed by atoms with Gasteiger partial charge in [-0.2, -0.15) is 0 Å². The molecule has 0 saturated carbocycles. The molecule has 0 amide bonds. The van der Waals surface area contributed by atoms with E-state index in [4.69, 9.17) is 4.42 Å². The maximum atomic E-state index is 5.24. The number of aryl methyl sites for hydroxylation is 1. The summed E-state index contributed by atoms with van der Waals surface area (Å²) in [5.41, 5.74) is 0.946. The Labute approximate surface area is 102 Å². The van der Waals surface area contributed by atoms with Crippen LogP contribution < -0.4 is 5.32 Å². The van der Waals surface area contributed by atoms with Crippen LogP contribution in [0.5, 0.6) is 0 Å². The molecule has 0 aliphatic heterocycles. The van der Waals surface area contributed by atoms with Gasteiger partial charge in [-0.25, -0.2) is 4.98 Å². The van der Waals surface area contributed by atoms with Crippen molar-refractivity contribution in [3.8, 4) is 0 Å². The van der Waals surface area contributed by atoms with Crippen LogP contribution >= 0.6 is 11.8 Å². The van der Waals surface area contributed by atoms with Crippen molar-refractivity contribution < 1.29 is 4.42 Å². The predicted molar refractivity (Wildman–Crippen MR) is 68.0 cm³/mol. The average Bonchev–Trinajstić information content (AvgIpc) is 2.62. The van der Waals surface area contributed by atoms with Crippen molar-refractivity contribution in [2.75, 3.05) is 39.5 Å². The van der Waals surface area contributed by atoms with E-state index in [9.17, 15) is 0 Å². The molecule has 0 aromatic carbocycles. The van der Waals surface area contributed by atoms with Crippen molar-refractivity contribution in [1.29, 1.82) is 0 Å². The van der Waals surface area contributed by atoms with Gasteiger partial charge in [-0.3, -0.25) is 0 Å². The van der Waals surface area contributed by atoms with E-state index in [2.05, 4.69) is 29.3 Å². The normalized spacial score (nSPS) is 11.2. The molecule has 0 spiro atoms. The van der Waals surface area contributed by atoms with Gasteiger partial charge in [-0.1, -0.05) is 11.8 Å². The summed E-state index contributed by atoms with van der Waals surface area (Å²) in [6.07, 6.45) is 2.88. The number of rotatable bonds is 8. The summed E-state index contributed by atoms with van der Waals surface area (Å²) in [6, 6.07) is 0. The molecule has 5 heteroatoms. The number of hydrogen-bond acceptors (Lipinski definition) is 5. The van der Waals surface area contributed by atoms with Crippen molar-refractivity contribution in [2.24, 2.45) is 0 Å². The lowest BCUT2D eigenvalue weighted by Crippen LogP contribution is -2.23. The monoisotopic (exact) mass is 243 g/mol. The van der Waals surface area contributed by atoms with Crippen LogP contribution in [0.25, 0.3) is 0 Å². The van der Waals surface area contributed by atoms with Crippen molar-refractivity contribution in [2.45, 2.75) is 18.6 Å². The molecule has 0 atom stereocenters. The lowest BCUT2D eigenvalue weighted by Gasteiger charge is -2.09. The number of nitrogens with zero attached hydrogens (tertiary/aromatic N) is 2. The first-order valence-corrected chi connectivity index (χ1v) is 6.57. The second kappa shape index (κ2) is 7.70. The Hall–Kier alpha value is -0.520. The van der Waals surface area contributed by atoms with Gasteiger partial charge in [0.05, 0.1) is 5.69 Å². The summed E-state index contributed by atoms with van der Waals surface area (Å²) >= 11 is 1.65. The molecule has 16 heavy (non-hydrogen) atoms. The highest BCUT2D eigenvalue weighted by molar-refractivity contribution is 7.99. The fourth-order valence-corrected chi connectivity index (χ4v) is 2.00. The molecular weight excluding hydrogens is 222 g/mol. The first-order valence-electron chi connectivity index (χ1n) is 5.59. The van der Waals surface area contributed by atoms with Crippen LogP contribution in [-0.4, -0.2) is 49.4 Å². The van der Waals surface area contributed by atoms with Gasteiger partial charge in [0.1, 0.15) is 6.26 Å². The third-order valence-electron chi connectivity index (χ3n) is 2.06. The van der Waals surface area contributed by atoms with E-state index in [1.807, 2.05) is 6.92 Å². The van der Waals surface area contributed by atoms with Gasteiger partial charge >= 0.3 is 0 Å². The highest BCUT2D eigenvalue weighted by Gasteiger charge is 2.00. The molecule has 1 aromatic rings. The largest absolute Gasteiger partial charge is 0.440 e. The quantitative estimate of drug-likeness (QED) is 0.555. The molecule has 0 bridgehead atoms. The Morgan fingerprint density at radius 1 is 1.44 bits per heavy atom. The minimum atomic E-state index is 0.771. The summed E-state index contributed by atoms with van der Waals surface area (Å²) in [5.74, 6) is 1.00. The standard InChI is InChI=1S/C11H21N3OS/c1-10-9-15-11(13-10)16-8-6-12-5-4-7-14(2)3/h9,12H,4-8H2,1-3H3. The van der Waals surface area contributed by atoms with E-state index in [1.54, 1.807) is 18.0 Å². The van der Waals surface area contributed by atoms with Gasteiger partial charge in [-0.05, 0) is 40.5 Å². The van der Waals surface area contributed by atoms with Crippen LogP contribution in [-0.2, 0) is 0 Å². The summed E-state index contributed by atoms with van der Waals surface area (Å²) in [6.45, 7) is 5.15. The molecule has 0 aliphatic carbocycles. The van der Waals surface area contributed by atoms with Gasteiger partial charge in [-0.15, -0.1) is 0 Å². The molecule has 4 nitrogen and oxygen atoms in total. The van der Waals surface area contributed by atoms with Crippen LogP contribution in [0.4, 0.5) is 0 Å². The molecule has 1 heterocycles. The highest BCUT2D eigenvalue weighted by Crippen LogP contribution is 2.15. The lowest BCUT2D eigenvalue weighted by atomic mass is 10.4. The Balaban J connectivity index is 1.92. The van der Waals surface area contributed by atoms with E-state index in [-0.39, 0.29) is 0 Å². The van der Waals surface area contributed by atoms with Gasteiger partial charge in [0.2, 0.25) is 0 Å². The Kier molecular flexibility index (Phi) is 6.52. The SMILES string of the molecule is Cc1coc(SCCNCCCN(C)C)n1. The maximum absolute atomic E-state index is 5.24. The second-order valence-corrected chi connectivity index (χ2v) is 5.06. The van der Waals surface area contributed by atoms with Crippen molar-refractivity contribution >= 4 is 11.8 Å². The van der Waals surface area contributed by atoms with Crippen LogP contribution in [0.3, 0.4) is 0 Å². The van der Waals surface area contributed by atoms with E-state index < -0.39 is 0 Å². The van der Waals surface area contributed by atoms with E-state index in [0.29, 0.717) is 0 Å². The first kappa shape index (κ1) is 13.5. The zero-order chi connectivity index (χ0) is 11.8. The van der Waals surface area contributed by atoms with Crippen LogP contribution in [0.1, 0.15) is 12.1 Å². The van der Waals surface area contributed by atoms with E-state index >= 15 is 0 Å². The Morgan fingerprint density at radius 3 is 2.88 bits per heavy atom. The fraction of sp³-hybridized carbons (Fsp3) is 0.727. The van der Waals surface area contributed by atoms with Crippen molar-refractivity contribution in [3.05, 3.63) is 12.0 Å². The highest BCUT2D eigenvalue weighted by atomic mass is 32.2.